The number of furan rings is 1. The van der Waals surface area contributed by atoms with E-state index >= 15 is 0 Å². The molecule has 7 heteroatoms. The van der Waals surface area contributed by atoms with Gasteiger partial charge in [0.1, 0.15) is 5.76 Å². The number of nitrogens with one attached hydrogen (secondary N) is 1. The van der Waals surface area contributed by atoms with Gasteiger partial charge < -0.3 is 24.1 Å². The normalized spacial score (nSPS) is 15.1. The Bertz CT molecular complexity index is 1060. The van der Waals surface area contributed by atoms with Crippen LogP contribution in [0.25, 0.3) is 0 Å². The average molecular weight is 421 g/mol. The van der Waals surface area contributed by atoms with Gasteiger partial charge in [-0.15, -0.1) is 0 Å². The lowest BCUT2D eigenvalue weighted by Gasteiger charge is -2.32. The predicted molar refractivity (Wildman–Crippen MR) is 121 cm³/mol. The van der Waals surface area contributed by atoms with Crippen molar-refractivity contribution in [2.75, 3.05) is 45.1 Å². The van der Waals surface area contributed by atoms with E-state index in [1.807, 2.05) is 12.1 Å². The molecular weight excluding hydrogens is 392 g/mol. The van der Waals surface area contributed by atoms with Crippen LogP contribution >= 0.6 is 0 Å². The second-order valence-corrected chi connectivity index (χ2v) is 7.98. The van der Waals surface area contributed by atoms with Crippen LogP contribution in [0.5, 0.6) is 0 Å². The Morgan fingerprint density at radius 1 is 1.00 bits per heavy atom. The van der Waals surface area contributed by atoms with Crippen molar-refractivity contribution in [3.63, 3.8) is 0 Å². The molecule has 4 rings (SSSR count). The number of hydrogen-bond acceptors (Lipinski definition) is 5. The first-order valence-electron chi connectivity index (χ1n) is 10.6. The zero-order valence-electron chi connectivity index (χ0n) is 17.8. The van der Waals surface area contributed by atoms with Crippen molar-refractivity contribution >= 4 is 11.6 Å². The van der Waals surface area contributed by atoms with Crippen LogP contribution in [0.1, 0.15) is 21.9 Å². The fraction of sp³-hybridized carbons (Fsp3) is 0.333. The number of hydrogen-bond donors (Lipinski definition) is 1. The molecular formula is C24H28N4O3. The van der Waals surface area contributed by atoms with E-state index in [-0.39, 0.29) is 23.8 Å². The molecule has 0 saturated carbocycles. The average Bonchev–Trinajstić information content (AvgIpc) is 3.25. The molecule has 0 unspecified atom stereocenters. The number of rotatable bonds is 7. The Labute approximate surface area is 181 Å². The summed E-state index contributed by atoms with van der Waals surface area (Å²) in [4.78, 5) is 29.2. The summed E-state index contributed by atoms with van der Waals surface area (Å²) >= 11 is 0. The third-order valence-corrected chi connectivity index (χ3v) is 5.64. The number of piperazine rings is 1. The van der Waals surface area contributed by atoms with Gasteiger partial charge in [0.05, 0.1) is 6.54 Å². The second kappa shape index (κ2) is 9.76. The molecule has 0 bridgehead atoms. The summed E-state index contributed by atoms with van der Waals surface area (Å²) in [5.41, 5.74) is 1.87. The number of carbonyl (C=O) groups is 1. The molecule has 0 radical (unpaired) electrons. The molecule has 0 aliphatic carbocycles. The topological polar surface area (TPSA) is 70.7 Å². The second-order valence-electron chi connectivity index (χ2n) is 7.98. The highest BCUT2D eigenvalue weighted by atomic mass is 16.4. The first-order chi connectivity index (χ1) is 15.1. The number of likely N-dealkylation sites (N-methyl/N-ethyl adjacent to an activating group) is 1. The number of nitrogens with zero attached hydrogens (tertiary/aromatic N) is 3. The van der Waals surface area contributed by atoms with E-state index in [4.69, 9.17) is 4.42 Å². The molecule has 0 spiro atoms. The van der Waals surface area contributed by atoms with Gasteiger partial charge in [-0.05, 0) is 49.4 Å². The van der Waals surface area contributed by atoms with E-state index in [0.29, 0.717) is 5.76 Å². The van der Waals surface area contributed by atoms with Crippen LogP contribution < -0.4 is 10.9 Å². The Morgan fingerprint density at radius 2 is 1.77 bits per heavy atom. The van der Waals surface area contributed by atoms with Crippen molar-refractivity contribution in [3.8, 4) is 0 Å². The van der Waals surface area contributed by atoms with Gasteiger partial charge in [0, 0.05) is 50.7 Å². The van der Waals surface area contributed by atoms with Crippen LogP contribution in [-0.4, -0.2) is 60.0 Å². The molecule has 1 aromatic carbocycles. The fourth-order valence-corrected chi connectivity index (χ4v) is 3.65. The van der Waals surface area contributed by atoms with Gasteiger partial charge in [-0.3, -0.25) is 9.59 Å². The van der Waals surface area contributed by atoms with Crippen LogP contribution in [0.3, 0.4) is 0 Å². The largest absolute Gasteiger partial charge is 0.454 e. The van der Waals surface area contributed by atoms with E-state index in [1.54, 1.807) is 30.5 Å². The molecule has 1 aliphatic heterocycles. The molecule has 162 valence electrons. The van der Waals surface area contributed by atoms with Crippen molar-refractivity contribution < 1.29 is 9.21 Å². The molecule has 1 amide bonds. The standard InChI is InChI=1S/C24H28N4O3/c1-26-14-16-27(17-15-26)13-11-19-5-7-20(8-6-19)25-24(30)22-10-9-21(31-22)18-28-12-3-2-4-23(28)29/h2-10,12H,11,13-18H2,1H3,(H,25,30). The zero-order valence-corrected chi connectivity index (χ0v) is 17.8. The van der Waals surface area contributed by atoms with E-state index in [0.717, 1.165) is 44.8 Å². The lowest BCUT2D eigenvalue weighted by atomic mass is 10.1. The van der Waals surface area contributed by atoms with Gasteiger partial charge in [0.25, 0.3) is 11.5 Å². The molecule has 31 heavy (non-hydrogen) atoms. The van der Waals surface area contributed by atoms with E-state index in [2.05, 4.69) is 34.3 Å². The maximum Gasteiger partial charge on any atom is 0.291 e. The summed E-state index contributed by atoms with van der Waals surface area (Å²) < 4.78 is 7.16. The van der Waals surface area contributed by atoms with Crippen molar-refractivity contribution in [1.82, 2.24) is 14.4 Å². The van der Waals surface area contributed by atoms with Crippen LogP contribution in [-0.2, 0) is 13.0 Å². The number of aromatic nitrogens is 1. The van der Waals surface area contributed by atoms with Crippen LogP contribution in [0.4, 0.5) is 5.69 Å². The molecule has 0 atom stereocenters. The fourth-order valence-electron chi connectivity index (χ4n) is 3.65. The molecule has 3 aromatic rings. The summed E-state index contributed by atoms with van der Waals surface area (Å²) in [5, 5.41) is 2.87. The number of benzene rings is 1. The monoisotopic (exact) mass is 420 g/mol. The number of amides is 1. The minimum absolute atomic E-state index is 0.113. The van der Waals surface area contributed by atoms with Crippen molar-refractivity contribution in [2.45, 2.75) is 13.0 Å². The lowest BCUT2D eigenvalue weighted by Crippen LogP contribution is -2.45. The van der Waals surface area contributed by atoms with E-state index < -0.39 is 0 Å². The number of carbonyl (C=O) groups excluding carboxylic acids is 1. The third-order valence-electron chi connectivity index (χ3n) is 5.64. The molecule has 1 aliphatic rings. The summed E-state index contributed by atoms with van der Waals surface area (Å²) in [6, 6.07) is 16.3. The Hall–Kier alpha value is -3.16. The van der Waals surface area contributed by atoms with Gasteiger partial charge in [0.2, 0.25) is 0 Å². The highest BCUT2D eigenvalue weighted by Crippen LogP contribution is 2.15. The van der Waals surface area contributed by atoms with E-state index in [1.165, 1.54) is 16.2 Å². The van der Waals surface area contributed by atoms with Crippen molar-refractivity contribution in [1.29, 1.82) is 0 Å². The Balaban J connectivity index is 1.29. The van der Waals surface area contributed by atoms with Crippen LogP contribution in [0, 0.1) is 0 Å². The molecule has 3 heterocycles. The minimum atomic E-state index is -0.308. The molecule has 1 N–H and O–H groups in total. The van der Waals surface area contributed by atoms with Gasteiger partial charge in [-0.2, -0.15) is 0 Å². The van der Waals surface area contributed by atoms with Crippen molar-refractivity contribution in [3.05, 3.63) is 88.2 Å². The van der Waals surface area contributed by atoms with Crippen LogP contribution in [0.15, 0.2) is 70.0 Å². The first kappa shape index (κ1) is 21.1. The van der Waals surface area contributed by atoms with Crippen LogP contribution in [0.2, 0.25) is 0 Å². The smallest absolute Gasteiger partial charge is 0.291 e. The van der Waals surface area contributed by atoms with Gasteiger partial charge in [0.15, 0.2) is 5.76 Å². The zero-order chi connectivity index (χ0) is 21.6. The number of pyridine rings is 1. The van der Waals surface area contributed by atoms with Gasteiger partial charge >= 0.3 is 0 Å². The summed E-state index contributed by atoms with van der Waals surface area (Å²) in [6.45, 7) is 5.83. The molecule has 2 aromatic heterocycles. The lowest BCUT2D eigenvalue weighted by molar-refractivity contribution is 0.0994. The summed E-state index contributed by atoms with van der Waals surface area (Å²) in [6.07, 6.45) is 2.69. The summed E-state index contributed by atoms with van der Waals surface area (Å²) in [5.74, 6) is 0.465. The Kier molecular flexibility index (Phi) is 6.64. The van der Waals surface area contributed by atoms with Gasteiger partial charge in [-0.25, -0.2) is 0 Å². The van der Waals surface area contributed by atoms with Gasteiger partial charge in [-0.1, -0.05) is 18.2 Å². The maximum absolute atomic E-state index is 12.5. The van der Waals surface area contributed by atoms with Crippen molar-refractivity contribution in [2.24, 2.45) is 0 Å². The molecule has 7 nitrogen and oxygen atoms in total. The first-order valence-corrected chi connectivity index (χ1v) is 10.6. The summed E-state index contributed by atoms with van der Waals surface area (Å²) in [7, 11) is 2.17. The highest BCUT2D eigenvalue weighted by molar-refractivity contribution is 6.02. The molecule has 1 saturated heterocycles. The van der Waals surface area contributed by atoms with E-state index in [9.17, 15) is 9.59 Å². The number of anilines is 1. The Morgan fingerprint density at radius 3 is 2.52 bits per heavy atom. The molecule has 1 fully saturated rings. The highest BCUT2D eigenvalue weighted by Gasteiger charge is 2.14. The third kappa shape index (κ3) is 5.71. The minimum Gasteiger partial charge on any atom is -0.454 e. The quantitative estimate of drug-likeness (QED) is 0.636. The predicted octanol–water partition coefficient (Wildman–Crippen LogP) is 2.53. The maximum atomic E-state index is 12.5. The SMILES string of the molecule is CN1CCN(CCc2ccc(NC(=O)c3ccc(Cn4ccccc4=O)o3)cc2)CC1.